The minimum atomic E-state index is -0.192. The van der Waals surface area contributed by atoms with Crippen molar-refractivity contribution in [2.24, 2.45) is 5.10 Å². The molecule has 1 aromatic carbocycles. The lowest BCUT2D eigenvalue weighted by molar-refractivity contribution is 0.556. The van der Waals surface area contributed by atoms with E-state index in [9.17, 15) is 4.79 Å². The molecule has 0 aliphatic heterocycles. The fourth-order valence-electron chi connectivity index (χ4n) is 2.55. The lowest BCUT2D eigenvalue weighted by Gasteiger charge is -2.13. The van der Waals surface area contributed by atoms with Gasteiger partial charge in [0.25, 0.3) is 5.56 Å². The van der Waals surface area contributed by atoms with Crippen LogP contribution in [0.15, 0.2) is 49.1 Å². The van der Waals surface area contributed by atoms with Crippen LogP contribution in [0.5, 0.6) is 0 Å². The van der Waals surface area contributed by atoms with Crippen LogP contribution in [0, 0.1) is 0 Å². The van der Waals surface area contributed by atoms with Crippen molar-refractivity contribution in [2.75, 3.05) is 19.0 Å². The molecule has 3 aromatic rings. The van der Waals surface area contributed by atoms with Crippen molar-refractivity contribution in [1.29, 1.82) is 0 Å². The smallest absolute Gasteiger partial charge is 0.282 e. The van der Waals surface area contributed by atoms with Crippen LogP contribution in [0.25, 0.3) is 10.9 Å². The second-order valence-corrected chi connectivity index (χ2v) is 7.29. The van der Waals surface area contributed by atoms with Gasteiger partial charge in [0, 0.05) is 30.6 Å². The fraction of sp³-hybridized carbons (Fsp3) is 0.316. The van der Waals surface area contributed by atoms with Crippen LogP contribution in [-0.4, -0.2) is 30.0 Å². The van der Waals surface area contributed by atoms with Crippen molar-refractivity contribution in [3.05, 3.63) is 56.7 Å². The van der Waals surface area contributed by atoms with Crippen LogP contribution in [0.4, 0.5) is 5.88 Å². The predicted octanol–water partition coefficient (Wildman–Crippen LogP) is 4.21. The molecule has 0 spiro atoms. The molecule has 0 unspecified atom stereocenters. The molecular weight excluding hydrogens is 396 g/mol. The number of hydrogen-bond acceptors (Lipinski definition) is 5. The van der Waals surface area contributed by atoms with Gasteiger partial charge in [0.15, 0.2) is 5.88 Å². The Kier molecular flexibility index (Phi) is 5.27. The van der Waals surface area contributed by atoms with Gasteiger partial charge in [0.1, 0.15) is 11.6 Å². The Labute approximate surface area is 160 Å². The third-order valence-corrected chi connectivity index (χ3v) is 4.73. The van der Waals surface area contributed by atoms with Gasteiger partial charge in [-0.2, -0.15) is 9.78 Å². The number of fused-ring (bicyclic) bond motifs is 1. The van der Waals surface area contributed by atoms with Gasteiger partial charge in [-0.15, -0.1) is 0 Å². The molecule has 1 atom stereocenters. The van der Waals surface area contributed by atoms with Crippen molar-refractivity contribution in [3.8, 4) is 0 Å². The summed E-state index contributed by atoms with van der Waals surface area (Å²) in [6.45, 7) is 4.10. The number of nitrogens with zero attached hydrogens (tertiary/aromatic N) is 4. The number of aromatic nitrogens is 2. The van der Waals surface area contributed by atoms with Gasteiger partial charge in [-0.05, 0) is 30.7 Å². The van der Waals surface area contributed by atoms with E-state index in [-0.39, 0.29) is 11.5 Å². The molecule has 0 amide bonds. The summed E-state index contributed by atoms with van der Waals surface area (Å²) in [6.07, 6.45) is 2.40. The SMILES string of the molecule is CC[C@@H](C)c1nc2ccc(Br)cc2c(=O)n1N=Cc1ccc(N(C)C)o1. The minimum absolute atomic E-state index is 0.0989. The summed E-state index contributed by atoms with van der Waals surface area (Å²) < 4.78 is 7.88. The molecule has 0 aliphatic rings. The normalized spacial score (nSPS) is 12.8. The lowest BCUT2D eigenvalue weighted by Crippen LogP contribution is -2.23. The van der Waals surface area contributed by atoms with E-state index >= 15 is 0 Å². The van der Waals surface area contributed by atoms with E-state index in [0.717, 1.165) is 16.8 Å². The first-order valence-corrected chi connectivity index (χ1v) is 9.23. The first-order valence-electron chi connectivity index (χ1n) is 8.44. The van der Waals surface area contributed by atoms with Gasteiger partial charge >= 0.3 is 0 Å². The highest BCUT2D eigenvalue weighted by molar-refractivity contribution is 9.10. The molecule has 0 saturated heterocycles. The first-order chi connectivity index (χ1) is 12.4. The van der Waals surface area contributed by atoms with Gasteiger partial charge in [-0.1, -0.05) is 29.8 Å². The van der Waals surface area contributed by atoms with E-state index in [4.69, 9.17) is 4.42 Å². The molecule has 0 aliphatic carbocycles. The standard InChI is InChI=1S/C19H21BrN4O2/c1-5-12(2)18-22-16-8-6-13(20)10-15(16)19(25)24(18)21-11-14-7-9-17(26-14)23(3)4/h6-12H,5H2,1-4H3/t12-/m1/s1. The zero-order valence-corrected chi connectivity index (χ0v) is 16.8. The molecule has 0 radical (unpaired) electrons. The summed E-state index contributed by atoms with van der Waals surface area (Å²) in [7, 11) is 3.80. The Hall–Kier alpha value is -2.41. The monoisotopic (exact) mass is 416 g/mol. The van der Waals surface area contributed by atoms with E-state index in [2.05, 4.69) is 32.9 Å². The Morgan fingerprint density at radius 1 is 1.35 bits per heavy atom. The molecule has 136 valence electrons. The van der Waals surface area contributed by atoms with Crippen LogP contribution >= 0.6 is 15.9 Å². The summed E-state index contributed by atoms with van der Waals surface area (Å²) in [5.74, 6) is 2.04. The zero-order valence-electron chi connectivity index (χ0n) is 15.2. The van der Waals surface area contributed by atoms with Crippen LogP contribution in [0.2, 0.25) is 0 Å². The third kappa shape index (κ3) is 3.58. The van der Waals surface area contributed by atoms with Crippen molar-refractivity contribution in [1.82, 2.24) is 9.66 Å². The lowest BCUT2D eigenvalue weighted by atomic mass is 10.1. The van der Waals surface area contributed by atoms with Crippen LogP contribution in [-0.2, 0) is 0 Å². The molecule has 6 nitrogen and oxygen atoms in total. The largest absolute Gasteiger partial charge is 0.440 e. The van der Waals surface area contributed by atoms with E-state index in [0.29, 0.717) is 22.5 Å². The molecular formula is C19H21BrN4O2. The summed E-state index contributed by atoms with van der Waals surface area (Å²) in [5.41, 5.74) is 0.482. The Morgan fingerprint density at radius 2 is 2.12 bits per heavy atom. The van der Waals surface area contributed by atoms with Crippen molar-refractivity contribution >= 4 is 38.9 Å². The Bertz CT molecular complexity index is 1020. The zero-order chi connectivity index (χ0) is 18.8. The summed E-state index contributed by atoms with van der Waals surface area (Å²) in [6, 6.07) is 9.17. The second-order valence-electron chi connectivity index (χ2n) is 6.37. The highest BCUT2D eigenvalue weighted by atomic mass is 79.9. The van der Waals surface area contributed by atoms with Crippen molar-refractivity contribution in [3.63, 3.8) is 0 Å². The highest BCUT2D eigenvalue weighted by Crippen LogP contribution is 2.21. The van der Waals surface area contributed by atoms with E-state index in [1.54, 1.807) is 12.3 Å². The Balaban J connectivity index is 2.13. The molecule has 2 aromatic heterocycles. The fourth-order valence-corrected chi connectivity index (χ4v) is 2.91. The number of rotatable bonds is 5. The summed E-state index contributed by atoms with van der Waals surface area (Å²) >= 11 is 3.41. The Morgan fingerprint density at radius 3 is 2.77 bits per heavy atom. The van der Waals surface area contributed by atoms with Crippen LogP contribution in [0.3, 0.4) is 0 Å². The molecule has 7 heteroatoms. The van der Waals surface area contributed by atoms with E-state index < -0.39 is 0 Å². The minimum Gasteiger partial charge on any atom is -0.440 e. The maximum Gasteiger partial charge on any atom is 0.282 e. The second kappa shape index (κ2) is 7.45. The molecule has 3 rings (SSSR count). The van der Waals surface area contributed by atoms with Gasteiger partial charge in [-0.3, -0.25) is 4.79 Å². The van der Waals surface area contributed by atoms with Crippen molar-refractivity contribution < 1.29 is 4.42 Å². The molecule has 0 fully saturated rings. The van der Waals surface area contributed by atoms with Gasteiger partial charge in [0.05, 0.1) is 17.1 Å². The molecule has 0 saturated carbocycles. The first kappa shape index (κ1) is 18.4. The topological polar surface area (TPSA) is 63.6 Å². The quantitative estimate of drug-likeness (QED) is 0.584. The van der Waals surface area contributed by atoms with Crippen LogP contribution in [0.1, 0.15) is 37.8 Å². The van der Waals surface area contributed by atoms with Crippen LogP contribution < -0.4 is 10.5 Å². The summed E-state index contributed by atoms with van der Waals surface area (Å²) in [5, 5.41) is 4.91. The molecule has 26 heavy (non-hydrogen) atoms. The number of halogens is 1. The number of benzene rings is 1. The maximum absolute atomic E-state index is 13.0. The average molecular weight is 417 g/mol. The van der Waals surface area contributed by atoms with Gasteiger partial charge < -0.3 is 9.32 Å². The van der Waals surface area contributed by atoms with Crippen molar-refractivity contribution in [2.45, 2.75) is 26.2 Å². The van der Waals surface area contributed by atoms with Gasteiger partial charge in [0.2, 0.25) is 0 Å². The average Bonchev–Trinajstić information content (AvgIpc) is 3.10. The van der Waals surface area contributed by atoms with E-state index in [1.165, 1.54) is 4.68 Å². The maximum atomic E-state index is 13.0. The number of furan rings is 1. The molecule has 0 N–H and O–H groups in total. The van der Waals surface area contributed by atoms with E-state index in [1.807, 2.05) is 50.2 Å². The molecule has 2 heterocycles. The molecule has 0 bridgehead atoms. The number of hydrogen-bond donors (Lipinski definition) is 0. The third-order valence-electron chi connectivity index (χ3n) is 4.24. The van der Waals surface area contributed by atoms with Gasteiger partial charge in [-0.25, -0.2) is 4.98 Å². The number of anilines is 1. The predicted molar refractivity (Wildman–Crippen MR) is 108 cm³/mol. The highest BCUT2D eigenvalue weighted by Gasteiger charge is 2.15. The summed E-state index contributed by atoms with van der Waals surface area (Å²) in [4.78, 5) is 19.6.